The van der Waals surface area contributed by atoms with Crippen LogP contribution in [0.25, 0.3) is 0 Å². The number of benzene rings is 1. The van der Waals surface area contributed by atoms with Crippen LogP contribution < -0.4 is 19.7 Å². The first-order valence-electron chi connectivity index (χ1n) is 6.26. The van der Waals surface area contributed by atoms with E-state index in [1.54, 1.807) is 19.2 Å². The zero-order chi connectivity index (χ0) is 14.3. The van der Waals surface area contributed by atoms with Gasteiger partial charge in [-0.3, -0.25) is 9.59 Å². The maximum Gasteiger partial charge on any atom is 0.305 e. The Morgan fingerprint density at radius 3 is 2.70 bits per heavy atom. The smallest absolute Gasteiger partial charge is 0.305 e. The highest BCUT2D eigenvalue weighted by molar-refractivity contribution is 6.06. The summed E-state index contributed by atoms with van der Waals surface area (Å²) in [5.74, 6) is -0.116. The topological polar surface area (TPSA) is 88.1 Å². The lowest BCUT2D eigenvalue weighted by Crippen LogP contribution is -2.46. The SMILES string of the molecule is CN1C(=O)C(CC(=O)O)Nc2cc3c(cc21)OCCO3. The lowest BCUT2D eigenvalue weighted by atomic mass is 10.1. The number of ether oxygens (including phenoxy) is 2. The van der Waals surface area contributed by atoms with E-state index < -0.39 is 12.0 Å². The van der Waals surface area contributed by atoms with Crippen molar-refractivity contribution in [2.45, 2.75) is 12.5 Å². The third-order valence-corrected chi connectivity index (χ3v) is 3.36. The predicted molar refractivity (Wildman–Crippen MR) is 70.5 cm³/mol. The molecule has 3 rings (SSSR count). The molecule has 1 atom stereocenters. The van der Waals surface area contributed by atoms with Crippen LogP contribution in [0.1, 0.15) is 6.42 Å². The fourth-order valence-corrected chi connectivity index (χ4v) is 2.39. The maximum atomic E-state index is 12.1. The molecule has 0 saturated carbocycles. The summed E-state index contributed by atoms with van der Waals surface area (Å²) < 4.78 is 11.0. The highest BCUT2D eigenvalue weighted by Crippen LogP contribution is 2.42. The van der Waals surface area contributed by atoms with Crippen LogP contribution in [-0.2, 0) is 9.59 Å². The first-order chi connectivity index (χ1) is 9.56. The van der Waals surface area contributed by atoms with Crippen LogP contribution in [0.2, 0.25) is 0 Å². The summed E-state index contributed by atoms with van der Waals surface area (Å²) in [5, 5.41) is 11.8. The molecule has 1 unspecified atom stereocenters. The van der Waals surface area contributed by atoms with Gasteiger partial charge in [-0.25, -0.2) is 0 Å². The number of aliphatic carboxylic acids is 1. The molecule has 7 nitrogen and oxygen atoms in total. The van der Waals surface area contributed by atoms with Crippen molar-refractivity contribution in [1.82, 2.24) is 0 Å². The molecule has 2 N–H and O–H groups in total. The molecule has 2 aliphatic heterocycles. The molecule has 2 aliphatic rings. The van der Waals surface area contributed by atoms with Gasteiger partial charge < -0.3 is 24.8 Å². The van der Waals surface area contributed by atoms with E-state index in [0.29, 0.717) is 36.1 Å². The highest BCUT2D eigenvalue weighted by atomic mass is 16.6. The standard InChI is InChI=1S/C13H14N2O5/c1-15-9-6-11-10(19-2-3-20-11)4-7(9)14-8(13(15)18)5-12(16)17/h4,6,8,14H,2-3,5H2,1H3,(H,16,17). The number of carbonyl (C=O) groups is 2. The van der Waals surface area contributed by atoms with Gasteiger partial charge in [0.2, 0.25) is 5.91 Å². The van der Waals surface area contributed by atoms with E-state index in [0.717, 1.165) is 0 Å². The number of carboxylic acids is 1. The summed E-state index contributed by atoms with van der Waals surface area (Å²) in [5.41, 5.74) is 1.32. The predicted octanol–water partition coefficient (Wildman–Crippen LogP) is 0.689. The summed E-state index contributed by atoms with van der Waals surface area (Å²) in [6, 6.07) is 2.69. The van der Waals surface area contributed by atoms with Crippen molar-refractivity contribution >= 4 is 23.3 Å². The molecule has 1 aromatic rings. The third-order valence-electron chi connectivity index (χ3n) is 3.36. The second kappa shape index (κ2) is 4.59. The fraction of sp³-hybridized carbons (Fsp3) is 0.385. The van der Waals surface area contributed by atoms with Crippen LogP contribution in [0, 0.1) is 0 Å². The Labute approximate surface area is 115 Å². The van der Waals surface area contributed by atoms with Crippen molar-refractivity contribution < 1.29 is 24.2 Å². The Morgan fingerprint density at radius 2 is 2.05 bits per heavy atom. The minimum Gasteiger partial charge on any atom is -0.486 e. The molecule has 0 bridgehead atoms. The maximum absolute atomic E-state index is 12.1. The third kappa shape index (κ3) is 2.01. The quantitative estimate of drug-likeness (QED) is 0.827. The fourth-order valence-electron chi connectivity index (χ4n) is 2.39. The molecule has 0 saturated heterocycles. The van der Waals surface area contributed by atoms with E-state index in [1.165, 1.54) is 4.90 Å². The number of nitrogens with one attached hydrogen (secondary N) is 1. The largest absolute Gasteiger partial charge is 0.486 e. The second-order valence-electron chi connectivity index (χ2n) is 4.71. The Balaban J connectivity index is 1.98. The molecule has 0 fully saturated rings. The van der Waals surface area contributed by atoms with Crippen molar-refractivity contribution in [2.24, 2.45) is 0 Å². The molecule has 0 aromatic heterocycles. The molecule has 0 spiro atoms. The average molecular weight is 278 g/mol. The van der Waals surface area contributed by atoms with Crippen molar-refractivity contribution in [3.05, 3.63) is 12.1 Å². The number of rotatable bonds is 2. The number of carbonyl (C=O) groups excluding carboxylic acids is 1. The average Bonchev–Trinajstić information content (AvgIpc) is 2.42. The van der Waals surface area contributed by atoms with Gasteiger partial charge in [-0.2, -0.15) is 0 Å². The van der Waals surface area contributed by atoms with Gasteiger partial charge in [-0.15, -0.1) is 0 Å². The number of carboxylic acid groups (broad SMARTS) is 1. The van der Waals surface area contributed by atoms with Gasteiger partial charge in [0.05, 0.1) is 17.8 Å². The molecule has 106 valence electrons. The van der Waals surface area contributed by atoms with Crippen molar-refractivity contribution in [2.75, 3.05) is 30.5 Å². The van der Waals surface area contributed by atoms with E-state index in [4.69, 9.17) is 14.6 Å². The normalized spacial score (nSPS) is 20.1. The van der Waals surface area contributed by atoms with Gasteiger partial charge in [-0.1, -0.05) is 0 Å². The lowest BCUT2D eigenvalue weighted by Gasteiger charge is -2.33. The van der Waals surface area contributed by atoms with Crippen molar-refractivity contribution in [3.63, 3.8) is 0 Å². The van der Waals surface area contributed by atoms with E-state index in [2.05, 4.69) is 5.32 Å². The number of amides is 1. The lowest BCUT2D eigenvalue weighted by molar-refractivity contribution is -0.138. The molecule has 2 heterocycles. The van der Waals surface area contributed by atoms with Gasteiger partial charge in [0.25, 0.3) is 0 Å². The van der Waals surface area contributed by atoms with Crippen molar-refractivity contribution in [1.29, 1.82) is 0 Å². The molecule has 0 aliphatic carbocycles. The summed E-state index contributed by atoms with van der Waals surface area (Å²) >= 11 is 0. The Bertz CT molecular complexity index is 586. The zero-order valence-electron chi connectivity index (χ0n) is 10.9. The van der Waals surface area contributed by atoms with Crippen molar-refractivity contribution in [3.8, 4) is 11.5 Å². The molecular formula is C13H14N2O5. The number of nitrogens with zero attached hydrogens (tertiary/aromatic N) is 1. The minimum atomic E-state index is -1.02. The van der Waals surface area contributed by atoms with Crippen LogP contribution >= 0.6 is 0 Å². The summed E-state index contributed by atoms with van der Waals surface area (Å²) in [4.78, 5) is 24.4. The van der Waals surface area contributed by atoms with Crippen LogP contribution in [0.3, 0.4) is 0 Å². The van der Waals surface area contributed by atoms with Gasteiger partial charge in [-0.05, 0) is 0 Å². The number of likely N-dealkylation sites (N-methyl/N-ethyl adjacent to an activating group) is 1. The molecule has 7 heteroatoms. The van der Waals surface area contributed by atoms with E-state index >= 15 is 0 Å². The monoisotopic (exact) mass is 278 g/mol. The number of hydrogen-bond acceptors (Lipinski definition) is 5. The Morgan fingerprint density at radius 1 is 1.40 bits per heavy atom. The summed E-state index contributed by atoms with van der Waals surface area (Å²) in [6.45, 7) is 0.942. The van der Waals surface area contributed by atoms with Crippen LogP contribution in [-0.4, -0.2) is 43.3 Å². The molecule has 1 amide bonds. The Kier molecular flexibility index (Phi) is 2.89. The van der Waals surface area contributed by atoms with Gasteiger partial charge in [0.15, 0.2) is 11.5 Å². The van der Waals surface area contributed by atoms with E-state index in [9.17, 15) is 9.59 Å². The second-order valence-corrected chi connectivity index (χ2v) is 4.71. The zero-order valence-corrected chi connectivity index (χ0v) is 10.9. The van der Waals surface area contributed by atoms with Gasteiger partial charge in [0.1, 0.15) is 19.3 Å². The minimum absolute atomic E-state index is 0.267. The number of hydrogen-bond donors (Lipinski definition) is 2. The van der Waals surface area contributed by atoms with Crippen LogP contribution in [0.5, 0.6) is 11.5 Å². The Hall–Kier alpha value is -2.44. The van der Waals surface area contributed by atoms with E-state index in [1.807, 2.05) is 0 Å². The molecular weight excluding hydrogens is 264 g/mol. The first-order valence-corrected chi connectivity index (χ1v) is 6.26. The number of anilines is 2. The first kappa shape index (κ1) is 12.6. The van der Waals surface area contributed by atoms with Gasteiger partial charge in [0, 0.05) is 19.2 Å². The van der Waals surface area contributed by atoms with Crippen LogP contribution in [0.15, 0.2) is 12.1 Å². The summed E-state index contributed by atoms with van der Waals surface area (Å²) in [7, 11) is 1.62. The van der Waals surface area contributed by atoms with Crippen LogP contribution in [0.4, 0.5) is 11.4 Å². The van der Waals surface area contributed by atoms with E-state index in [-0.39, 0.29) is 12.3 Å². The number of fused-ring (bicyclic) bond motifs is 2. The molecule has 1 aromatic carbocycles. The molecule has 20 heavy (non-hydrogen) atoms. The van der Waals surface area contributed by atoms with Gasteiger partial charge >= 0.3 is 5.97 Å². The molecule has 0 radical (unpaired) electrons. The highest BCUT2D eigenvalue weighted by Gasteiger charge is 2.33. The summed E-state index contributed by atoms with van der Waals surface area (Å²) in [6.07, 6.45) is -0.267.